The summed E-state index contributed by atoms with van der Waals surface area (Å²) in [6, 6.07) is 22.9. The number of hydrogen-bond acceptors (Lipinski definition) is 4. The van der Waals surface area contributed by atoms with Crippen molar-refractivity contribution in [3.05, 3.63) is 83.4 Å². The molecule has 2 saturated carbocycles. The van der Waals surface area contributed by atoms with Gasteiger partial charge < -0.3 is 20.1 Å². The molecule has 3 aromatic rings. The van der Waals surface area contributed by atoms with Gasteiger partial charge in [0.2, 0.25) is 0 Å². The van der Waals surface area contributed by atoms with Crippen LogP contribution in [0.3, 0.4) is 0 Å². The third kappa shape index (κ3) is 3.17. The van der Waals surface area contributed by atoms with E-state index in [2.05, 4.69) is 53.1 Å². The maximum atomic E-state index is 13.2. The number of carbonyl (C=O) groups excluding carboxylic acids is 1. The number of nitrogens with one attached hydrogen (secondary N) is 2. The van der Waals surface area contributed by atoms with E-state index < -0.39 is 0 Å². The van der Waals surface area contributed by atoms with Gasteiger partial charge in [0, 0.05) is 23.0 Å². The van der Waals surface area contributed by atoms with Gasteiger partial charge in [-0.3, -0.25) is 4.79 Å². The molecule has 5 heteroatoms. The topological polar surface area (TPSA) is 59.6 Å². The second kappa shape index (κ2) is 7.79. The van der Waals surface area contributed by atoms with Gasteiger partial charge in [-0.05, 0) is 84.4 Å². The van der Waals surface area contributed by atoms with E-state index in [1.807, 2.05) is 24.3 Å². The summed E-state index contributed by atoms with van der Waals surface area (Å²) >= 11 is 0. The summed E-state index contributed by atoms with van der Waals surface area (Å²) in [7, 11) is 0. The zero-order valence-electron chi connectivity index (χ0n) is 19.0. The zero-order chi connectivity index (χ0) is 22.6. The highest BCUT2D eigenvalue weighted by atomic mass is 16.6. The largest absolute Gasteiger partial charge is 0.486 e. The Morgan fingerprint density at radius 2 is 1.71 bits per heavy atom. The van der Waals surface area contributed by atoms with Crippen LogP contribution in [0.15, 0.2) is 66.7 Å². The Balaban J connectivity index is 1.20. The summed E-state index contributed by atoms with van der Waals surface area (Å²) in [6.45, 7) is 1.08. The average Bonchev–Trinajstić information content (AvgIpc) is 3.51. The quantitative estimate of drug-likeness (QED) is 0.511. The van der Waals surface area contributed by atoms with Gasteiger partial charge in [-0.2, -0.15) is 0 Å². The molecule has 1 amide bonds. The van der Waals surface area contributed by atoms with Crippen LogP contribution in [-0.2, 0) is 0 Å². The molecule has 2 fully saturated rings. The lowest BCUT2D eigenvalue weighted by Gasteiger charge is -2.43. The Labute approximate surface area is 199 Å². The molecule has 4 aliphatic rings. The number of fused-ring (bicyclic) bond motifs is 8. The first kappa shape index (κ1) is 20.0. The van der Waals surface area contributed by atoms with E-state index in [9.17, 15) is 4.79 Å². The monoisotopic (exact) mass is 452 g/mol. The predicted octanol–water partition coefficient (Wildman–Crippen LogP) is 6.01. The Morgan fingerprint density at radius 3 is 2.59 bits per heavy atom. The predicted molar refractivity (Wildman–Crippen MR) is 132 cm³/mol. The minimum atomic E-state index is -0.0932. The molecule has 0 aromatic heterocycles. The molecule has 5 atom stereocenters. The molecule has 2 aliphatic heterocycles. The minimum Gasteiger partial charge on any atom is -0.486 e. The second-order valence-corrected chi connectivity index (χ2v) is 10.1. The first-order valence-corrected chi connectivity index (χ1v) is 12.4. The summed E-state index contributed by atoms with van der Waals surface area (Å²) in [5, 5.41) is 6.91. The Morgan fingerprint density at radius 1 is 0.882 bits per heavy atom. The lowest BCUT2D eigenvalue weighted by Crippen LogP contribution is -2.35. The molecule has 2 N–H and O–H groups in total. The molecule has 0 unspecified atom stereocenters. The lowest BCUT2D eigenvalue weighted by atomic mass is 9.68. The number of ether oxygens (including phenoxy) is 2. The van der Waals surface area contributed by atoms with Crippen LogP contribution in [0.2, 0.25) is 0 Å². The van der Waals surface area contributed by atoms with Crippen LogP contribution in [0.5, 0.6) is 11.5 Å². The molecule has 7 rings (SSSR count). The van der Waals surface area contributed by atoms with E-state index in [0.29, 0.717) is 48.1 Å². The summed E-state index contributed by atoms with van der Waals surface area (Å²) in [5.74, 6) is 3.89. The number of amides is 1. The number of hydrogen-bond donors (Lipinski definition) is 2. The van der Waals surface area contributed by atoms with Crippen molar-refractivity contribution in [3.63, 3.8) is 0 Å². The van der Waals surface area contributed by atoms with Gasteiger partial charge in [0.1, 0.15) is 13.2 Å². The molecule has 172 valence electrons. The molecule has 0 saturated heterocycles. The lowest BCUT2D eigenvalue weighted by molar-refractivity contribution is 0.102. The van der Waals surface area contributed by atoms with Crippen LogP contribution >= 0.6 is 0 Å². The summed E-state index contributed by atoms with van der Waals surface area (Å²) in [5.41, 5.74) is 5.29. The highest BCUT2D eigenvalue weighted by Crippen LogP contribution is 2.63. The van der Waals surface area contributed by atoms with Crippen molar-refractivity contribution in [1.29, 1.82) is 0 Å². The van der Waals surface area contributed by atoms with E-state index in [0.717, 1.165) is 17.6 Å². The van der Waals surface area contributed by atoms with Crippen molar-refractivity contribution in [2.75, 3.05) is 23.8 Å². The van der Waals surface area contributed by atoms with Crippen molar-refractivity contribution in [1.82, 2.24) is 0 Å². The van der Waals surface area contributed by atoms with Crippen molar-refractivity contribution >= 4 is 17.3 Å². The third-order valence-corrected chi connectivity index (χ3v) is 8.31. The number of carbonyl (C=O) groups is 1. The molecule has 34 heavy (non-hydrogen) atoms. The molecule has 0 spiro atoms. The third-order valence-electron chi connectivity index (χ3n) is 8.31. The number of anilines is 2. The van der Waals surface area contributed by atoms with Gasteiger partial charge in [-0.1, -0.05) is 30.3 Å². The minimum absolute atomic E-state index is 0.0932. The average molecular weight is 453 g/mol. The Kier molecular flexibility index (Phi) is 4.57. The van der Waals surface area contributed by atoms with E-state index in [1.165, 1.54) is 36.1 Å². The van der Waals surface area contributed by atoms with Crippen LogP contribution in [0.1, 0.15) is 52.7 Å². The number of benzene rings is 3. The van der Waals surface area contributed by atoms with Crippen LogP contribution in [0.4, 0.5) is 11.4 Å². The normalized spacial score (nSPS) is 27.9. The highest BCUT2D eigenvalue weighted by molar-refractivity contribution is 6.05. The van der Waals surface area contributed by atoms with E-state index >= 15 is 0 Å². The smallest absolute Gasteiger partial charge is 0.255 e. The van der Waals surface area contributed by atoms with Crippen LogP contribution in [-0.4, -0.2) is 19.1 Å². The SMILES string of the molecule is O=C(Nc1ccc2c(c1)OCCO2)c1ccc2c(c1)[C@H]1[C@H]3CC[C@H](C3)[C@H]1[C@H](c1ccccc1)N2. The molecule has 5 nitrogen and oxygen atoms in total. The van der Waals surface area contributed by atoms with Gasteiger partial charge in [-0.25, -0.2) is 0 Å². The first-order chi connectivity index (χ1) is 16.7. The molecular weight excluding hydrogens is 424 g/mol. The summed E-state index contributed by atoms with van der Waals surface area (Å²) < 4.78 is 11.3. The van der Waals surface area contributed by atoms with E-state index in [-0.39, 0.29) is 5.91 Å². The van der Waals surface area contributed by atoms with Gasteiger partial charge in [0.25, 0.3) is 5.91 Å². The van der Waals surface area contributed by atoms with E-state index in [1.54, 1.807) is 0 Å². The molecule has 2 aliphatic carbocycles. The maximum Gasteiger partial charge on any atom is 0.255 e. The summed E-state index contributed by atoms with van der Waals surface area (Å²) in [4.78, 5) is 13.2. The molecule has 2 heterocycles. The Bertz CT molecular complexity index is 1260. The fourth-order valence-corrected chi connectivity index (χ4v) is 6.94. The van der Waals surface area contributed by atoms with Crippen molar-refractivity contribution in [2.45, 2.75) is 31.2 Å². The fourth-order valence-electron chi connectivity index (χ4n) is 6.94. The highest BCUT2D eigenvalue weighted by Gasteiger charge is 2.53. The molecule has 0 radical (unpaired) electrons. The standard InChI is InChI=1S/C29H28N2O3/c32-29(30-21-9-11-24-25(16-21)34-13-12-33-24)20-8-10-23-22(15-20)26-18-6-7-19(14-18)27(26)28(31-23)17-4-2-1-3-5-17/h1-5,8-11,15-16,18-19,26-28,31H,6-7,12-14H2,(H,30,32)/t18-,19+,26+,27+,28-/m0/s1. The molecular formula is C29H28N2O3. The second-order valence-electron chi connectivity index (χ2n) is 10.1. The van der Waals surface area contributed by atoms with Gasteiger partial charge in [0.05, 0.1) is 6.04 Å². The van der Waals surface area contributed by atoms with Crippen LogP contribution in [0.25, 0.3) is 0 Å². The zero-order valence-corrected chi connectivity index (χ0v) is 19.0. The van der Waals surface area contributed by atoms with Crippen molar-refractivity contribution in [2.24, 2.45) is 17.8 Å². The Hall–Kier alpha value is -3.47. The number of rotatable bonds is 3. The molecule has 3 aromatic carbocycles. The van der Waals surface area contributed by atoms with Gasteiger partial charge in [-0.15, -0.1) is 0 Å². The molecule has 2 bridgehead atoms. The van der Waals surface area contributed by atoms with Crippen molar-refractivity contribution < 1.29 is 14.3 Å². The van der Waals surface area contributed by atoms with Gasteiger partial charge >= 0.3 is 0 Å². The first-order valence-electron chi connectivity index (χ1n) is 12.4. The van der Waals surface area contributed by atoms with Crippen molar-refractivity contribution in [3.8, 4) is 11.5 Å². The van der Waals surface area contributed by atoms with E-state index in [4.69, 9.17) is 9.47 Å². The van der Waals surface area contributed by atoms with Gasteiger partial charge in [0.15, 0.2) is 11.5 Å². The van der Waals surface area contributed by atoms with Crippen LogP contribution in [0, 0.1) is 17.8 Å². The fraction of sp³-hybridized carbons (Fsp3) is 0.345. The maximum absolute atomic E-state index is 13.2. The summed E-state index contributed by atoms with van der Waals surface area (Å²) in [6.07, 6.45) is 3.95. The van der Waals surface area contributed by atoms with Crippen LogP contribution < -0.4 is 20.1 Å².